The number of nitrogens with one attached hydrogen (secondary N) is 1. The molecule has 6 heteroatoms. The number of hydrogen-bond acceptors (Lipinski definition) is 3. The summed E-state index contributed by atoms with van der Waals surface area (Å²) >= 11 is 0. The molecule has 2 unspecified atom stereocenters. The molecule has 2 atom stereocenters. The molecule has 0 aromatic carbocycles. The van der Waals surface area contributed by atoms with Crippen LogP contribution in [-0.2, 0) is 10.0 Å². The molecule has 1 saturated carbocycles. The number of rotatable bonds is 5. The maximum Gasteiger partial charge on any atom is 0.261 e. The Morgan fingerprint density at radius 1 is 1.45 bits per heavy atom. The van der Waals surface area contributed by atoms with Crippen molar-refractivity contribution in [2.45, 2.75) is 44.1 Å². The van der Waals surface area contributed by atoms with E-state index >= 15 is 0 Å². The summed E-state index contributed by atoms with van der Waals surface area (Å²) in [6, 6.07) is 2.47. The van der Waals surface area contributed by atoms with E-state index in [-0.39, 0.29) is 0 Å². The van der Waals surface area contributed by atoms with Gasteiger partial charge in [-0.05, 0) is 36.8 Å². The molecule has 1 aliphatic carbocycles. The fourth-order valence-corrected chi connectivity index (χ4v) is 3.90. The molecule has 1 aromatic rings. The summed E-state index contributed by atoms with van der Waals surface area (Å²) in [6.45, 7) is 2.58. The Hall–Kier alpha value is -1.01. The van der Waals surface area contributed by atoms with Crippen LogP contribution in [0.4, 0.5) is 4.39 Å². The lowest BCUT2D eigenvalue weighted by Gasteiger charge is -2.26. The minimum atomic E-state index is -3.84. The monoisotopic (exact) mass is 300 g/mol. The van der Waals surface area contributed by atoms with Crippen LogP contribution in [0.3, 0.4) is 0 Å². The Bertz CT molecular complexity index is 548. The lowest BCUT2D eigenvalue weighted by Crippen LogP contribution is -2.28. The molecule has 0 spiro atoms. The Kier molecular flexibility index (Phi) is 5.10. The van der Waals surface area contributed by atoms with Crippen LogP contribution < -0.4 is 4.72 Å². The van der Waals surface area contributed by atoms with Crippen LogP contribution in [0.1, 0.15) is 39.0 Å². The summed E-state index contributed by atoms with van der Waals surface area (Å²) in [5.74, 6) is 0.472. The molecule has 2 rings (SSSR count). The SMILES string of the molecule is CC1CCCC(CCNS(=O)(=O)c2ncccc2F)C1. The molecule has 0 aliphatic heterocycles. The van der Waals surface area contributed by atoms with Crippen molar-refractivity contribution in [1.82, 2.24) is 9.71 Å². The van der Waals surface area contributed by atoms with Crippen LogP contribution in [0.2, 0.25) is 0 Å². The maximum atomic E-state index is 13.4. The Morgan fingerprint density at radius 3 is 2.95 bits per heavy atom. The first kappa shape index (κ1) is 15.4. The van der Waals surface area contributed by atoms with Gasteiger partial charge in [0.15, 0.2) is 5.82 Å². The zero-order valence-electron chi connectivity index (χ0n) is 11.7. The summed E-state index contributed by atoms with van der Waals surface area (Å²) in [5.41, 5.74) is 0. The normalized spacial score (nSPS) is 23.7. The van der Waals surface area contributed by atoms with Crippen LogP contribution >= 0.6 is 0 Å². The number of aromatic nitrogens is 1. The third kappa shape index (κ3) is 3.99. The molecular weight excluding hydrogens is 279 g/mol. The fourth-order valence-electron chi connectivity index (χ4n) is 2.86. The maximum absolute atomic E-state index is 13.4. The second-order valence-electron chi connectivity index (χ2n) is 5.61. The zero-order valence-corrected chi connectivity index (χ0v) is 12.5. The van der Waals surface area contributed by atoms with Gasteiger partial charge in [-0.3, -0.25) is 0 Å². The molecule has 0 saturated heterocycles. The highest BCUT2D eigenvalue weighted by molar-refractivity contribution is 7.89. The fraction of sp³-hybridized carbons (Fsp3) is 0.643. The summed E-state index contributed by atoms with van der Waals surface area (Å²) in [5, 5.41) is -0.517. The second-order valence-corrected chi connectivity index (χ2v) is 7.30. The number of nitrogens with zero attached hydrogens (tertiary/aromatic N) is 1. The van der Waals surface area contributed by atoms with Gasteiger partial charge in [0, 0.05) is 12.7 Å². The number of hydrogen-bond donors (Lipinski definition) is 1. The van der Waals surface area contributed by atoms with Gasteiger partial charge in [-0.2, -0.15) is 0 Å². The van der Waals surface area contributed by atoms with E-state index in [2.05, 4.69) is 16.6 Å². The summed E-state index contributed by atoms with van der Waals surface area (Å²) in [7, 11) is -3.84. The van der Waals surface area contributed by atoms with Gasteiger partial charge in [-0.25, -0.2) is 22.5 Å². The van der Waals surface area contributed by atoms with Gasteiger partial charge in [0.25, 0.3) is 10.0 Å². The third-order valence-corrected chi connectivity index (χ3v) is 5.26. The molecule has 1 fully saturated rings. The van der Waals surface area contributed by atoms with Gasteiger partial charge in [0.05, 0.1) is 0 Å². The minimum absolute atomic E-state index is 0.343. The van der Waals surface area contributed by atoms with Crippen LogP contribution in [0.15, 0.2) is 23.4 Å². The molecule has 20 heavy (non-hydrogen) atoms. The van der Waals surface area contributed by atoms with E-state index in [4.69, 9.17) is 0 Å². The van der Waals surface area contributed by atoms with E-state index in [1.165, 1.54) is 25.1 Å². The summed E-state index contributed by atoms with van der Waals surface area (Å²) in [6.07, 6.45) is 6.87. The highest BCUT2D eigenvalue weighted by Gasteiger charge is 2.22. The van der Waals surface area contributed by atoms with E-state index in [1.54, 1.807) is 0 Å². The highest BCUT2D eigenvalue weighted by atomic mass is 32.2. The number of pyridine rings is 1. The first-order valence-corrected chi connectivity index (χ1v) is 8.57. The van der Waals surface area contributed by atoms with Gasteiger partial charge in [0.2, 0.25) is 5.03 Å². The molecule has 4 nitrogen and oxygen atoms in total. The van der Waals surface area contributed by atoms with Crippen LogP contribution in [-0.4, -0.2) is 19.9 Å². The molecule has 0 radical (unpaired) electrons. The molecule has 1 aromatic heterocycles. The van der Waals surface area contributed by atoms with Crippen molar-refractivity contribution in [2.75, 3.05) is 6.54 Å². The average molecular weight is 300 g/mol. The first-order chi connectivity index (χ1) is 9.49. The number of sulfonamides is 1. The van der Waals surface area contributed by atoms with Crippen molar-refractivity contribution in [3.05, 3.63) is 24.1 Å². The lowest BCUT2D eigenvalue weighted by molar-refractivity contribution is 0.271. The van der Waals surface area contributed by atoms with Crippen LogP contribution in [0, 0.1) is 17.7 Å². The van der Waals surface area contributed by atoms with Crippen molar-refractivity contribution < 1.29 is 12.8 Å². The minimum Gasteiger partial charge on any atom is -0.241 e. The average Bonchev–Trinajstić information content (AvgIpc) is 2.39. The van der Waals surface area contributed by atoms with Gasteiger partial charge in [0.1, 0.15) is 0 Å². The van der Waals surface area contributed by atoms with Crippen molar-refractivity contribution in [3.8, 4) is 0 Å². The third-order valence-electron chi connectivity index (χ3n) is 3.87. The van der Waals surface area contributed by atoms with Crippen molar-refractivity contribution >= 4 is 10.0 Å². The van der Waals surface area contributed by atoms with E-state index in [9.17, 15) is 12.8 Å². The first-order valence-electron chi connectivity index (χ1n) is 7.09. The van der Waals surface area contributed by atoms with Gasteiger partial charge >= 0.3 is 0 Å². The second kappa shape index (κ2) is 6.63. The largest absolute Gasteiger partial charge is 0.261 e. The molecular formula is C14H21FN2O2S. The molecule has 1 heterocycles. The molecule has 0 bridgehead atoms. The smallest absolute Gasteiger partial charge is 0.241 e. The van der Waals surface area contributed by atoms with E-state index in [0.717, 1.165) is 31.2 Å². The zero-order chi connectivity index (χ0) is 14.6. The van der Waals surface area contributed by atoms with E-state index < -0.39 is 20.9 Å². The Morgan fingerprint density at radius 2 is 2.25 bits per heavy atom. The van der Waals surface area contributed by atoms with Gasteiger partial charge in [-0.15, -0.1) is 0 Å². The molecule has 112 valence electrons. The van der Waals surface area contributed by atoms with E-state index in [1.807, 2.05) is 0 Å². The number of halogens is 1. The van der Waals surface area contributed by atoms with Crippen LogP contribution in [0.5, 0.6) is 0 Å². The van der Waals surface area contributed by atoms with Gasteiger partial charge < -0.3 is 0 Å². The Labute approximate surface area is 119 Å². The Balaban J connectivity index is 1.88. The lowest BCUT2D eigenvalue weighted by atomic mass is 9.81. The highest BCUT2D eigenvalue weighted by Crippen LogP contribution is 2.30. The predicted octanol–water partition coefficient (Wildman–Crippen LogP) is 2.72. The standard InChI is InChI=1S/C14H21FN2O2S/c1-11-4-2-5-12(10-11)7-9-17-20(18,19)14-13(15)6-3-8-16-14/h3,6,8,11-12,17H,2,4-5,7,9-10H2,1H3. The van der Waals surface area contributed by atoms with Crippen LogP contribution in [0.25, 0.3) is 0 Å². The summed E-state index contributed by atoms with van der Waals surface area (Å²) in [4.78, 5) is 3.60. The van der Waals surface area contributed by atoms with Crippen molar-refractivity contribution in [3.63, 3.8) is 0 Å². The molecule has 0 amide bonds. The topological polar surface area (TPSA) is 59.1 Å². The predicted molar refractivity (Wildman–Crippen MR) is 75.1 cm³/mol. The summed E-state index contributed by atoms with van der Waals surface area (Å²) < 4.78 is 39.8. The van der Waals surface area contributed by atoms with Crippen molar-refractivity contribution in [1.29, 1.82) is 0 Å². The quantitative estimate of drug-likeness (QED) is 0.909. The molecule has 1 aliphatic rings. The van der Waals surface area contributed by atoms with E-state index in [0.29, 0.717) is 12.5 Å². The van der Waals surface area contributed by atoms with Crippen molar-refractivity contribution in [2.24, 2.45) is 11.8 Å². The molecule has 1 N–H and O–H groups in total. The van der Waals surface area contributed by atoms with Gasteiger partial charge in [-0.1, -0.05) is 26.2 Å².